The largest absolute Gasteiger partial charge is 0.481 e. The molecule has 21 heavy (non-hydrogen) atoms. The first-order valence-corrected chi connectivity index (χ1v) is 7.00. The van der Waals surface area contributed by atoms with Crippen LogP contribution in [0.25, 0.3) is 0 Å². The molecule has 1 unspecified atom stereocenters. The third-order valence-corrected chi connectivity index (χ3v) is 4.23. The van der Waals surface area contributed by atoms with E-state index in [-0.39, 0.29) is 18.5 Å². The van der Waals surface area contributed by atoms with Gasteiger partial charge in [0.25, 0.3) is 0 Å². The number of halogens is 2. The summed E-state index contributed by atoms with van der Waals surface area (Å²) < 4.78 is 26.8. The Balaban J connectivity index is 2.52. The maximum Gasteiger partial charge on any atom is 0.315 e. The van der Waals surface area contributed by atoms with Crippen molar-refractivity contribution in [3.8, 4) is 0 Å². The van der Waals surface area contributed by atoms with Gasteiger partial charge in [-0.1, -0.05) is 0 Å². The van der Waals surface area contributed by atoms with Crippen molar-refractivity contribution in [1.82, 2.24) is 4.98 Å². The number of carboxylic acid groups (broad SMARTS) is 1. The second-order valence-electron chi connectivity index (χ2n) is 4.77. The summed E-state index contributed by atoms with van der Waals surface area (Å²) in [5.74, 6) is -2.88. The molecule has 1 aromatic carbocycles. The molecule has 0 saturated carbocycles. The zero-order valence-electron chi connectivity index (χ0n) is 11.3. The molecule has 0 aliphatic rings. The van der Waals surface area contributed by atoms with Gasteiger partial charge in [0.15, 0.2) is 0 Å². The van der Waals surface area contributed by atoms with Crippen LogP contribution in [0.15, 0.2) is 24.4 Å². The van der Waals surface area contributed by atoms with Crippen molar-refractivity contribution in [3.05, 3.63) is 51.5 Å². The molecule has 0 spiro atoms. The van der Waals surface area contributed by atoms with Gasteiger partial charge in [0.1, 0.15) is 17.0 Å². The van der Waals surface area contributed by atoms with E-state index in [0.717, 1.165) is 17.1 Å². The van der Waals surface area contributed by atoms with Crippen LogP contribution in [0.5, 0.6) is 0 Å². The molecular weight excluding hydrogens is 298 g/mol. The zero-order valence-corrected chi connectivity index (χ0v) is 12.1. The van der Waals surface area contributed by atoms with Gasteiger partial charge in [0.05, 0.1) is 5.01 Å². The van der Waals surface area contributed by atoms with Crippen molar-refractivity contribution >= 4 is 17.3 Å². The Bertz CT molecular complexity index is 654. The lowest BCUT2D eigenvalue weighted by Crippen LogP contribution is -2.45. The molecule has 0 bridgehead atoms. The third-order valence-electron chi connectivity index (χ3n) is 3.32. The molecule has 0 radical (unpaired) electrons. The molecule has 1 atom stereocenters. The van der Waals surface area contributed by atoms with Gasteiger partial charge in [-0.05, 0) is 24.6 Å². The predicted molar refractivity (Wildman–Crippen MR) is 75.3 cm³/mol. The Hall–Kier alpha value is -1.86. The average molecular weight is 312 g/mol. The summed E-state index contributed by atoms with van der Waals surface area (Å²) in [5, 5.41) is 10.4. The summed E-state index contributed by atoms with van der Waals surface area (Å²) in [6.45, 7) is 1.52. The Morgan fingerprint density at radius 2 is 2.00 bits per heavy atom. The van der Waals surface area contributed by atoms with Crippen molar-refractivity contribution in [2.75, 3.05) is 6.54 Å². The number of hydrogen-bond donors (Lipinski definition) is 2. The number of hydrogen-bond acceptors (Lipinski definition) is 4. The van der Waals surface area contributed by atoms with Gasteiger partial charge in [-0.3, -0.25) is 4.79 Å². The first-order valence-electron chi connectivity index (χ1n) is 6.19. The maximum atomic E-state index is 13.4. The van der Waals surface area contributed by atoms with Crippen LogP contribution in [-0.4, -0.2) is 22.6 Å². The van der Waals surface area contributed by atoms with Crippen molar-refractivity contribution in [1.29, 1.82) is 0 Å². The van der Waals surface area contributed by atoms with E-state index in [2.05, 4.69) is 4.98 Å². The molecular formula is C14H14F2N2O2S. The Labute approximate surface area is 124 Å². The molecule has 2 aromatic rings. The number of carboxylic acids is 1. The number of aromatic nitrogens is 1. The van der Waals surface area contributed by atoms with Gasteiger partial charge >= 0.3 is 5.97 Å². The molecule has 0 fully saturated rings. The van der Waals surface area contributed by atoms with E-state index >= 15 is 0 Å². The van der Waals surface area contributed by atoms with Crippen LogP contribution in [0.2, 0.25) is 0 Å². The molecule has 3 N–H and O–H groups in total. The van der Waals surface area contributed by atoms with Crippen LogP contribution in [0.1, 0.15) is 15.4 Å². The van der Waals surface area contributed by atoms with E-state index in [1.54, 1.807) is 13.1 Å². The van der Waals surface area contributed by atoms with E-state index < -0.39 is 23.0 Å². The van der Waals surface area contributed by atoms with E-state index in [9.17, 15) is 18.7 Å². The monoisotopic (exact) mass is 312 g/mol. The summed E-state index contributed by atoms with van der Waals surface area (Å²) in [6.07, 6.45) is 1.59. The lowest BCUT2D eigenvalue weighted by molar-refractivity contribution is -0.143. The highest BCUT2D eigenvalue weighted by atomic mass is 32.1. The van der Waals surface area contributed by atoms with Crippen LogP contribution in [0, 0.1) is 18.6 Å². The Kier molecular flexibility index (Phi) is 4.34. The van der Waals surface area contributed by atoms with Gasteiger partial charge in [-0.25, -0.2) is 13.8 Å². The van der Waals surface area contributed by atoms with Gasteiger partial charge < -0.3 is 10.8 Å². The van der Waals surface area contributed by atoms with Gasteiger partial charge in [-0.2, -0.15) is 0 Å². The fourth-order valence-electron chi connectivity index (χ4n) is 2.19. The van der Waals surface area contributed by atoms with Crippen LogP contribution < -0.4 is 5.73 Å². The smallest absolute Gasteiger partial charge is 0.315 e. The van der Waals surface area contributed by atoms with E-state index in [1.807, 2.05) is 0 Å². The standard InChI is InChI=1S/C14H14F2N2O2S/c1-8-18-6-12(21-8)5-14(7-17,13(19)20)9-2-10(15)4-11(16)3-9/h2-4,6H,5,7,17H2,1H3,(H,19,20). The highest BCUT2D eigenvalue weighted by Gasteiger charge is 2.40. The summed E-state index contributed by atoms with van der Waals surface area (Å²) in [7, 11) is 0. The van der Waals surface area contributed by atoms with Crippen molar-refractivity contribution < 1.29 is 18.7 Å². The molecule has 1 aromatic heterocycles. The minimum absolute atomic E-state index is 0.0149. The molecule has 112 valence electrons. The predicted octanol–water partition coefficient (Wildman–Crippen LogP) is 2.25. The second kappa shape index (κ2) is 5.87. The molecule has 0 amide bonds. The van der Waals surface area contributed by atoms with Crippen LogP contribution >= 0.6 is 11.3 Å². The van der Waals surface area contributed by atoms with Crippen molar-refractivity contribution in [2.45, 2.75) is 18.8 Å². The molecule has 0 aliphatic heterocycles. The summed E-state index contributed by atoms with van der Waals surface area (Å²) in [6, 6.07) is 2.72. The molecule has 7 heteroatoms. The number of rotatable bonds is 5. The molecule has 2 rings (SSSR count). The van der Waals surface area contributed by atoms with Crippen LogP contribution in [0.3, 0.4) is 0 Å². The van der Waals surface area contributed by atoms with E-state index in [1.165, 1.54) is 11.3 Å². The van der Waals surface area contributed by atoms with Gasteiger partial charge in [-0.15, -0.1) is 11.3 Å². The fraction of sp³-hybridized carbons (Fsp3) is 0.286. The van der Waals surface area contributed by atoms with Gasteiger partial charge in [0, 0.05) is 30.1 Å². The summed E-state index contributed by atoms with van der Waals surface area (Å²) in [5.41, 5.74) is 4.09. The molecule has 1 heterocycles. The van der Waals surface area contributed by atoms with E-state index in [4.69, 9.17) is 5.73 Å². The first-order chi connectivity index (χ1) is 9.87. The summed E-state index contributed by atoms with van der Waals surface area (Å²) >= 11 is 1.33. The number of thiazole rings is 1. The number of benzene rings is 1. The SMILES string of the molecule is Cc1ncc(CC(CN)(C(=O)O)c2cc(F)cc(F)c2)s1. The minimum atomic E-state index is -1.58. The van der Waals surface area contributed by atoms with Crippen molar-refractivity contribution in [2.24, 2.45) is 5.73 Å². The number of aryl methyl sites for hydroxylation is 1. The second-order valence-corrected chi connectivity index (χ2v) is 6.09. The fourth-order valence-corrected chi connectivity index (χ4v) is 3.10. The van der Waals surface area contributed by atoms with Crippen molar-refractivity contribution in [3.63, 3.8) is 0 Å². The first kappa shape index (κ1) is 15.5. The Morgan fingerprint density at radius 1 is 1.38 bits per heavy atom. The number of carbonyl (C=O) groups is 1. The van der Waals surface area contributed by atoms with Crippen LogP contribution in [-0.2, 0) is 16.6 Å². The zero-order chi connectivity index (χ0) is 15.6. The summed E-state index contributed by atoms with van der Waals surface area (Å²) in [4.78, 5) is 16.5. The minimum Gasteiger partial charge on any atom is -0.481 e. The number of aliphatic carboxylic acids is 1. The highest BCUT2D eigenvalue weighted by Crippen LogP contribution is 2.31. The maximum absolute atomic E-state index is 13.4. The number of nitrogens with zero attached hydrogens (tertiary/aromatic N) is 1. The topological polar surface area (TPSA) is 76.2 Å². The average Bonchev–Trinajstić information content (AvgIpc) is 2.79. The quantitative estimate of drug-likeness (QED) is 0.888. The molecule has 4 nitrogen and oxygen atoms in total. The number of nitrogens with two attached hydrogens (primary N) is 1. The lowest BCUT2D eigenvalue weighted by Gasteiger charge is -2.28. The molecule has 0 saturated heterocycles. The lowest BCUT2D eigenvalue weighted by atomic mass is 9.77. The molecule has 0 aliphatic carbocycles. The van der Waals surface area contributed by atoms with Crippen LogP contribution in [0.4, 0.5) is 8.78 Å². The van der Waals surface area contributed by atoms with E-state index in [0.29, 0.717) is 10.9 Å². The van der Waals surface area contributed by atoms with Gasteiger partial charge in [0.2, 0.25) is 0 Å². The Morgan fingerprint density at radius 3 is 2.43 bits per heavy atom. The normalized spacial score (nSPS) is 13.9. The third kappa shape index (κ3) is 3.08. The highest BCUT2D eigenvalue weighted by molar-refractivity contribution is 7.11.